The number of aromatic amines is 1. The Balaban J connectivity index is 1.21. The number of hydrogen-bond acceptors (Lipinski definition) is 20. The van der Waals surface area contributed by atoms with E-state index in [0.29, 0.717) is 51.4 Å². The van der Waals surface area contributed by atoms with Crippen LogP contribution in [-0.4, -0.2) is 195 Å². The molecular formula is C75H101N12O19PS2. The molecule has 34 heteroatoms. The topological polar surface area (TPSA) is 486 Å². The maximum absolute atomic E-state index is 15.0. The number of phenolic OH excluding ortho intramolecular Hbond substituents is 2. The lowest BCUT2D eigenvalue weighted by Crippen LogP contribution is -2.63. The lowest BCUT2D eigenvalue weighted by Gasteiger charge is -2.36. The largest absolute Gasteiger partial charge is 0.508 e. The van der Waals surface area contributed by atoms with Crippen molar-refractivity contribution in [1.82, 2.24) is 57.4 Å². The van der Waals surface area contributed by atoms with Crippen LogP contribution in [0.2, 0.25) is 0 Å². The number of ketones is 2. The number of hydrogen-bond donors (Lipinski definition) is 15. The number of nitrogens with two attached hydrogens (primary N) is 1. The van der Waals surface area contributed by atoms with E-state index < -0.39 is 181 Å². The van der Waals surface area contributed by atoms with Gasteiger partial charge in [-0.05, 0) is 129 Å². The summed E-state index contributed by atoms with van der Waals surface area (Å²) in [5.74, 6) is -13.1. The first kappa shape index (κ1) is 87.0. The number of fused-ring (bicyclic) bond motifs is 4. The SMILES string of the molecule is CC(C)[C@]1(C)NC(=O)[C@H](Cc2ccc(O)cc2)CC(=O)[C@H](C)NC(=O)C(C)(C)NC(=O)[C@H](Cc2c[nH]c3ncccc23)NC(=O)[C@H]([C@@H](C)O)NC(=O)[C@@H]2CCCN2C(=O)[C@H](Cc2ccc(O)cc2)NC(=O)[C@H](C(C)(C)C)NC(=O)CCSCc2cccc(c2)CSC[C@@H](C(N)=O)NC(=O)[C@H](COP(=O)(O)O)CC1=O. The van der Waals surface area contributed by atoms with Gasteiger partial charge in [0.25, 0.3) is 0 Å². The zero-order valence-electron chi connectivity index (χ0n) is 62.7. The van der Waals surface area contributed by atoms with E-state index in [-0.39, 0.29) is 55.9 Å². The van der Waals surface area contributed by atoms with Crippen LogP contribution >= 0.6 is 31.3 Å². The number of thioether (sulfide) groups is 2. The van der Waals surface area contributed by atoms with Crippen molar-refractivity contribution >= 4 is 113 Å². The van der Waals surface area contributed by atoms with Crippen molar-refractivity contribution in [1.29, 1.82) is 0 Å². The standard InChI is InChI=1S/C75H101N12O19PS2/c1-41(2)75(10)59(92)35-50(37-106-107(103,104)105)65(95)82-56(63(76)94)40-109-39-47-15-11-14-46(30-47)38-108-29-26-60(93)83-62(73(5,6)7)70(100)81-55(32-45-20-24-52(90)25-21-45)71(101)87-28-13-17-57(87)68(98)84-61(43(4)88)69(99)80-54(33-49-36-78-64-53(49)16-12-27-77-64)67(97)85-74(8,9)72(102)79-42(3)58(91)34-48(66(96)86-75)31-44-18-22-51(89)23-19-44/h11-12,14-16,18-25,27,30,36,41-43,48,50,54-57,61-62,88-90H,13,17,26,28-29,31-35,37-40H2,1-10H3,(H2,76,94)(H,77,78)(H,79,102)(H,80,99)(H,81,100)(H,82,95)(H,83,93)(H,84,98)(H,85,97)(H,86,96)(H2,103,104,105)/t42-,43+,48+,50-,54-,55-,56-,57-,61-,62+,75-/m0/s1. The zero-order valence-corrected chi connectivity index (χ0v) is 65.2. The molecule has 0 spiro atoms. The number of phenols is 2. The van der Waals surface area contributed by atoms with Gasteiger partial charge in [-0.2, -0.15) is 23.5 Å². The van der Waals surface area contributed by atoms with Crippen LogP contribution in [0.1, 0.15) is 129 Å². The number of nitrogens with zero attached hydrogens (tertiary/aromatic N) is 2. The average Bonchev–Trinajstić information content (AvgIpc) is 1.81. The number of phosphoric ester groups is 1. The van der Waals surface area contributed by atoms with Crippen LogP contribution in [0.15, 0.2) is 97.3 Å². The second-order valence-electron chi connectivity index (χ2n) is 29.8. The van der Waals surface area contributed by atoms with Gasteiger partial charge in [-0.1, -0.05) is 83.1 Å². The number of H-pyrrole nitrogens is 1. The fourth-order valence-electron chi connectivity index (χ4n) is 12.5. The third-order valence-electron chi connectivity index (χ3n) is 19.3. The number of aromatic nitrogens is 2. The highest BCUT2D eigenvalue weighted by molar-refractivity contribution is 7.98. The number of carbonyl (C=O) groups is 12. The number of aliphatic hydroxyl groups is 1. The molecular weight excluding hydrogens is 1470 g/mol. The fraction of sp³-hybridized carbons (Fsp3) is 0.507. The summed E-state index contributed by atoms with van der Waals surface area (Å²) in [4.78, 5) is 201. The number of benzene rings is 3. The number of pyridine rings is 1. The minimum Gasteiger partial charge on any atom is -0.508 e. The molecule has 592 valence electrons. The van der Waals surface area contributed by atoms with E-state index in [4.69, 9.17) is 10.3 Å². The molecule has 0 aliphatic carbocycles. The third kappa shape index (κ3) is 25.1. The number of amides is 10. The molecule has 11 atom stereocenters. The predicted molar refractivity (Wildman–Crippen MR) is 407 cm³/mol. The first-order valence-electron chi connectivity index (χ1n) is 35.8. The molecule has 0 saturated carbocycles. The van der Waals surface area contributed by atoms with Crippen LogP contribution in [-0.2, 0) is 97.4 Å². The minimum atomic E-state index is -5.30. The number of phosphoric acid groups is 1. The van der Waals surface area contributed by atoms with Crippen LogP contribution < -0.4 is 48.3 Å². The smallest absolute Gasteiger partial charge is 0.469 e. The summed E-state index contributed by atoms with van der Waals surface area (Å²) in [6.45, 7) is 13.9. The normalized spacial score (nSPS) is 25.1. The zero-order chi connectivity index (χ0) is 80.5. The molecule has 3 aromatic carbocycles. The summed E-state index contributed by atoms with van der Waals surface area (Å²) in [7, 11) is -5.30. The highest BCUT2D eigenvalue weighted by Gasteiger charge is 2.45. The first-order valence-corrected chi connectivity index (χ1v) is 39.7. The van der Waals surface area contributed by atoms with Gasteiger partial charge in [0.05, 0.1) is 30.2 Å². The Kier molecular flexibility index (Phi) is 30.7. The van der Waals surface area contributed by atoms with Crippen LogP contribution in [0.4, 0.5) is 0 Å². The highest BCUT2D eigenvalue weighted by Crippen LogP contribution is 2.37. The average molecular weight is 1570 g/mol. The van der Waals surface area contributed by atoms with E-state index in [9.17, 15) is 82.4 Å². The molecule has 0 unspecified atom stereocenters. The van der Waals surface area contributed by atoms with Crippen LogP contribution in [0.5, 0.6) is 11.5 Å². The molecule has 5 aromatic rings. The summed E-state index contributed by atoms with van der Waals surface area (Å²) in [5.41, 5.74) is 4.60. The van der Waals surface area contributed by atoms with E-state index in [1.165, 1.54) is 106 Å². The molecule has 1 saturated heterocycles. The molecule has 2 bridgehead atoms. The lowest BCUT2D eigenvalue weighted by molar-refractivity contribution is -0.143. The molecule has 7 rings (SSSR count). The lowest BCUT2D eigenvalue weighted by atomic mass is 9.79. The van der Waals surface area contributed by atoms with Gasteiger partial charge in [0.2, 0.25) is 59.1 Å². The van der Waals surface area contributed by atoms with E-state index in [1.807, 2.05) is 24.3 Å². The molecule has 0 radical (unpaired) electrons. The van der Waals surface area contributed by atoms with Crippen LogP contribution in [0.3, 0.4) is 0 Å². The Bertz CT molecular complexity index is 4170. The van der Waals surface area contributed by atoms with Crippen LogP contribution in [0.25, 0.3) is 11.0 Å². The number of primary amides is 1. The van der Waals surface area contributed by atoms with Gasteiger partial charge < -0.3 is 83.3 Å². The molecule has 31 nitrogen and oxygen atoms in total. The molecule has 10 amide bonds. The fourth-order valence-corrected chi connectivity index (χ4v) is 14.7. The molecule has 2 aliphatic rings. The molecule has 2 aromatic heterocycles. The Morgan fingerprint density at radius 1 is 0.716 bits per heavy atom. The second kappa shape index (κ2) is 38.4. The van der Waals surface area contributed by atoms with Gasteiger partial charge in [-0.15, -0.1) is 0 Å². The molecule has 4 heterocycles. The minimum absolute atomic E-state index is 0.0208. The Labute approximate surface area is 640 Å². The molecule has 2 aliphatic heterocycles. The van der Waals surface area contributed by atoms with Crippen molar-refractivity contribution in [2.75, 3.05) is 24.7 Å². The Morgan fingerprint density at radius 3 is 1.94 bits per heavy atom. The maximum atomic E-state index is 15.0. The monoisotopic (exact) mass is 1570 g/mol. The van der Waals surface area contributed by atoms with Gasteiger partial charge in [-0.3, -0.25) is 62.1 Å². The van der Waals surface area contributed by atoms with Crippen molar-refractivity contribution in [3.8, 4) is 11.5 Å². The number of rotatable bonds is 12. The second-order valence-corrected chi connectivity index (χ2v) is 33.2. The third-order valence-corrected chi connectivity index (χ3v) is 21.9. The summed E-state index contributed by atoms with van der Waals surface area (Å²) in [5, 5.41) is 53.6. The highest BCUT2D eigenvalue weighted by atomic mass is 32.2. The Morgan fingerprint density at radius 2 is 1.34 bits per heavy atom. The first-order chi connectivity index (χ1) is 51.1. The van der Waals surface area contributed by atoms with E-state index in [1.54, 1.807) is 65.1 Å². The van der Waals surface area contributed by atoms with Gasteiger partial charge in [0.15, 0.2) is 11.6 Å². The van der Waals surface area contributed by atoms with Crippen molar-refractivity contribution in [3.63, 3.8) is 0 Å². The van der Waals surface area contributed by atoms with Crippen molar-refractivity contribution in [2.24, 2.45) is 28.9 Å². The summed E-state index contributed by atoms with van der Waals surface area (Å²) < 4.78 is 16.9. The maximum Gasteiger partial charge on any atom is 0.469 e. The van der Waals surface area contributed by atoms with Crippen molar-refractivity contribution < 1.29 is 91.7 Å². The number of aliphatic hydroxyl groups excluding tert-OH is 1. The van der Waals surface area contributed by atoms with E-state index in [2.05, 4.69) is 52.5 Å². The number of aromatic hydroxyl groups is 2. The Hall–Kier alpha value is -9.24. The van der Waals surface area contributed by atoms with Gasteiger partial charge in [-0.25, -0.2) is 9.55 Å². The molecule has 109 heavy (non-hydrogen) atoms. The number of carbonyl (C=O) groups excluding carboxylic acids is 12. The predicted octanol–water partition coefficient (Wildman–Crippen LogP) is 3.09. The van der Waals surface area contributed by atoms with E-state index >= 15 is 4.79 Å². The van der Waals surface area contributed by atoms with Gasteiger partial charge in [0, 0.05) is 85.4 Å². The van der Waals surface area contributed by atoms with Gasteiger partial charge >= 0.3 is 7.82 Å². The quantitative estimate of drug-likeness (QED) is 0.0798. The van der Waals surface area contributed by atoms with E-state index in [0.717, 1.165) is 11.1 Å². The summed E-state index contributed by atoms with van der Waals surface area (Å²) in [6, 6.07) is 12.4. The summed E-state index contributed by atoms with van der Waals surface area (Å²) in [6.07, 6.45) is -0.205. The summed E-state index contributed by atoms with van der Waals surface area (Å²) >= 11 is 2.64. The number of Topliss-reactive ketones (excluding diaryl/α,β-unsaturated/α-hetero) is 2. The molecule has 1 fully saturated rings. The van der Waals surface area contributed by atoms with Crippen molar-refractivity contribution in [2.45, 2.75) is 192 Å². The molecule has 16 N–H and O–H groups in total. The number of nitrogens with one attached hydrogen (secondary N) is 9. The van der Waals surface area contributed by atoms with Crippen molar-refractivity contribution in [3.05, 3.63) is 125 Å². The van der Waals surface area contributed by atoms with Crippen LogP contribution in [0, 0.1) is 23.2 Å². The van der Waals surface area contributed by atoms with Gasteiger partial charge in [0.1, 0.15) is 58.9 Å².